The normalized spacial score (nSPS) is 12.4. The number of hydrogen-bond donors (Lipinski definition) is 2. The van der Waals surface area contributed by atoms with E-state index in [1.165, 1.54) is 6.07 Å². The number of hydrogen-bond acceptors (Lipinski definition) is 2. The van der Waals surface area contributed by atoms with Crippen molar-refractivity contribution in [3.8, 4) is 0 Å². The van der Waals surface area contributed by atoms with Crippen LogP contribution in [0.3, 0.4) is 0 Å². The summed E-state index contributed by atoms with van der Waals surface area (Å²) in [6.45, 7) is 3.93. The van der Waals surface area contributed by atoms with Crippen LogP contribution in [0.25, 0.3) is 10.9 Å². The minimum Gasteiger partial charge on any atom is -0.350 e. The summed E-state index contributed by atoms with van der Waals surface area (Å²) in [5.41, 5.74) is 0.787. The van der Waals surface area contributed by atoms with Crippen LogP contribution in [-0.2, 0) is 0 Å². The van der Waals surface area contributed by atoms with Crippen molar-refractivity contribution in [2.75, 3.05) is 0 Å². The number of carbonyl (C=O) groups excluding carboxylic acids is 1. The van der Waals surface area contributed by atoms with E-state index in [0.717, 1.165) is 16.3 Å². The van der Waals surface area contributed by atoms with Gasteiger partial charge in [-0.1, -0.05) is 22.9 Å². The molecule has 0 fully saturated rings. The van der Waals surface area contributed by atoms with Gasteiger partial charge in [0.1, 0.15) is 0 Å². The van der Waals surface area contributed by atoms with Crippen molar-refractivity contribution in [2.24, 2.45) is 0 Å². The molecule has 0 bridgehead atoms. The first-order valence-corrected chi connectivity index (χ1v) is 6.94. The zero-order chi connectivity index (χ0) is 14.0. The highest BCUT2D eigenvalue weighted by atomic mass is 79.9. The van der Waals surface area contributed by atoms with Crippen molar-refractivity contribution < 1.29 is 4.79 Å². The molecule has 0 saturated heterocycles. The molecule has 1 aromatic heterocycles. The topological polar surface area (TPSA) is 62.0 Å². The Bertz CT molecular complexity index is 679. The summed E-state index contributed by atoms with van der Waals surface area (Å²) >= 11 is 3.38. The molecule has 0 aliphatic carbocycles. The molecule has 0 saturated carbocycles. The second-order valence-corrected chi connectivity index (χ2v) is 5.44. The van der Waals surface area contributed by atoms with E-state index in [2.05, 4.69) is 26.2 Å². The summed E-state index contributed by atoms with van der Waals surface area (Å²) in [7, 11) is 0. The minimum atomic E-state index is -0.274. The molecule has 4 nitrogen and oxygen atoms in total. The van der Waals surface area contributed by atoms with Crippen LogP contribution in [-0.4, -0.2) is 16.9 Å². The SMILES string of the molecule is CCC(C)NC(=O)c1cc(=O)[nH]c2ccc(Br)cc12. The Kier molecular flexibility index (Phi) is 4.04. The number of nitrogens with one attached hydrogen (secondary N) is 2. The summed E-state index contributed by atoms with van der Waals surface area (Å²) in [6.07, 6.45) is 0.844. The smallest absolute Gasteiger partial charge is 0.252 e. The molecule has 2 rings (SSSR count). The molecule has 1 heterocycles. The Balaban J connectivity index is 2.55. The van der Waals surface area contributed by atoms with Crippen LogP contribution in [0.5, 0.6) is 0 Å². The maximum atomic E-state index is 12.2. The molecule has 1 aromatic carbocycles. The Morgan fingerprint density at radius 1 is 1.42 bits per heavy atom. The molecule has 1 unspecified atom stereocenters. The highest BCUT2D eigenvalue weighted by Gasteiger charge is 2.13. The van der Waals surface area contributed by atoms with Crippen molar-refractivity contribution in [3.05, 3.63) is 44.7 Å². The zero-order valence-electron chi connectivity index (χ0n) is 10.8. The average molecular weight is 323 g/mol. The van der Waals surface area contributed by atoms with E-state index < -0.39 is 0 Å². The van der Waals surface area contributed by atoms with Gasteiger partial charge in [-0.3, -0.25) is 9.59 Å². The minimum absolute atomic E-state index is 0.0778. The quantitative estimate of drug-likeness (QED) is 0.912. The first-order valence-electron chi connectivity index (χ1n) is 6.14. The molecular weight excluding hydrogens is 308 g/mol. The summed E-state index contributed by atoms with van der Waals surface area (Å²) in [4.78, 5) is 26.5. The number of fused-ring (bicyclic) bond motifs is 1. The van der Waals surface area contributed by atoms with Crippen LogP contribution in [0.2, 0.25) is 0 Å². The summed E-state index contributed by atoms with van der Waals surface area (Å²) in [6, 6.07) is 6.85. The van der Waals surface area contributed by atoms with Crippen LogP contribution in [0.15, 0.2) is 33.5 Å². The van der Waals surface area contributed by atoms with Gasteiger partial charge in [0.25, 0.3) is 5.91 Å². The molecule has 2 N–H and O–H groups in total. The second kappa shape index (κ2) is 5.57. The van der Waals surface area contributed by atoms with E-state index in [-0.39, 0.29) is 17.5 Å². The van der Waals surface area contributed by atoms with Gasteiger partial charge in [-0.05, 0) is 31.5 Å². The fourth-order valence-electron chi connectivity index (χ4n) is 1.82. The largest absolute Gasteiger partial charge is 0.350 e. The number of benzene rings is 1. The standard InChI is InChI=1S/C14H15BrN2O2/c1-3-8(2)16-14(19)11-7-13(18)17-12-5-4-9(15)6-10(11)12/h4-8H,3H2,1-2H3,(H,16,19)(H,17,18). The maximum Gasteiger partial charge on any atom is 0.252 e. The van der Waals surface area contributed by atoms with Gasteiger partial charge in [-0.15, -0.1) is 0 Å². The molecule has 1 amide bonds. The molecule has 5 heteroatoms. The van der Waals surface area contributed by atoms with E-state index >= 15 is 0 Å². The first kappa shape index (κ1) is 13.8. The Labute approximate surface area is 119 Å². The zero-order valence-corrected chi connectivity index (χ0v) is 12.4. The predicted molar refractivity (Wildman–Crippen MR) is 79.5 cm³/mol. The molecule has 0 spiro atoms. The molecule has 1 atom stereocenters. The van der Waals surface area contributed by atoms with Gasteiger partial charge in [-0.25, -0.2) is 0 Å². The van der Waals surface area contributed by atoms with Crippen molar-refractivity contribution in [2.45, 2.75) is 26.3 Å². The van der Waals surface area contributed by atoms with E-state index in [9.17, 15) is 9.59 Å². The maximum absolute atomic E-state index is 12.2. The lowest BCUT2D eigenvalue weighted by Gasteiger charge is -2.12. The second-order valence-electron chi connectivity index (χ2n) is 4.52. The van der Waals surface area contributed by atoms with E-state index in [4.69, 9.17) is 0 Å². The summed E-state index contributed by atoms with van der Waals surface area (Å²) in [5, 5.41) is 3.61. The van der Waals surface area contributed by atoms with Gasteiger partial charge in [0.2, 0.25) is 5.56 Å². The Morgan fingerprint density at radius 3 is 2.84 bits per heavy atom. The van der Waals surface area contributed by atoms with E-state index in [1.807, 2.05) is 26.0 Å². The molecule has 0 radical (unpaired) electrons. The fraction of sp³-hybridized carbons (Fsp3) is 0.286. The van der Waals surface area contributed by atoms with Crippen molar-refractivity contribution in [1.82, 2.24) is 10.3 Å². The van der Waals surface area contributed by atoms with Gasteiger partial charge in [-0.2, -0.15) is 0 Å². The number of carbonyl (C=O) groups is 1. The summed E-state index contributed by atoms with van der Waals surface area (Å²) < 4.78 is 0.865. The van der Waals surface area contributed by atoms with Crippen molar-refractivity contribution in [3.63, 3.8) is 0 Å². The van der Waals surface area contributed by atoms with Crippen LogP contribution < -0.4 is 10.9 Å². The molecular formula is C14H15BrN2O2. The van der Waals surface area contributed by atoms with Gasteiger partial charge in [0.05, 0.1) is 5.56 Å². The number of aromatic amines is 1. The van der Waals surface area contributed by atoms with Gasteiger partial charge >= 0.3 is 0 Å². The highest BCUT2D eigenvalue weighted by molar-refractivity contribution is 9.10. The van der Waals surface area contributed by atoms with Gasteiger partial charge in [0, 0.05) is 27.5 Å². The number of halogens is 1. The molecule has 0 aliphatic rings. The third-order valence-corrected chi connectivity index (χ3v) is 3.53. The number of aromatic nitrogens is 1. The third-order valence-electron chi connectivity index (χ3n) is 3.04. The predicted octanol–water partition coefficient (Wildman–Crippen LogP) is 2.82. The van der Waals surface area contributed by atoms with E-state index in [1.54, 1.807) is 6.07 Å². The third kappa shape index (κ3) is 3.04. The summed E-state index contributed by atoms with van der Waals surface area (Å²) in [5.74, 6) is -0.219. The fourth-order valence-corrected chi connectivity index (χ4v) is 2.18. The van der Waals surface area contributed by atoms with Crippen LogP contribution in [0.1, 0.15) is 30.6 Å². The lowest BCUT2D eigenvalue weighted by atomic mass is 10.1. The van der Waals surface area contributed by atoms with Crippen LogP contribution in [0, 0.1) is 0 Å². The highest BCUT2D eigenvalue weighted by Crippen LogP contribution is 2.20. The van der Waals surface area contributed by atoms with Crippen molar-refractivity contribution in [1.29, 1.82) is 0 Å². The molecule has 19 heavy (non-hydrogen) atoms. The average Bonchev–Trinajstić information content (AvgIpc) is 2.38. The lowest BCUT2D eigenvalue weighted by molar-refractivity contribution is 0.0941. The monoisotopic (exact) mass is 322 g/mol. The van der Waals surface area contributed by atoms with Gasteiger partial charge < -0.3 is 10.3 Å². The lowest BCUT2D eigenvalue weighted by Crippen LogP contribution is -2.32. The molecule has 0 aliphatic heterocycles. The number of amides is 1. The number of pyridine rings is 1. The van der Waals surface area contributed by atoms with Crippen molar-refractivity contribution >= 4 is 32.7 Å². The van der Waals surface area contributed by atoms with Crippen LogP contribution in [0.4, 0.5) is 0 Å². The number of H-pyrrole nitrogens is 1. The number of rotatable bonds is 3. The molecule has 100 valence electrons. The first-order chi connectivity index (χ1) is 9.01. The van der Waals surface area contributed by atoms with Gasteiger partial charge in [0.15, 0.2) is 0 Å². The Hall–Kier alpha value is -1.62. The molecule has 2 aromatic rings. The Morgan fingerprint density at radius 2 is 2.16 bits per heavy atom. The van der Waals surface area contributed by atoms with E-state index in [0.29, 0.717) is 11.1 Å². The van der Waals surface area contributed by atoms with Crippen LogP contribution >= 0.6 is 15.9 Å².